The molecule has 0 bridgehead atoms. The van der Waals surface area contributed by atoms with Crippen LogP contribution in [-0.4, -0.2) is 58.8 Å². The summed E-state index contributed by atoms with van der Waals surface area (Å²) in [6, 6.07) is 0.447. The van der Waals surface area contributed by atoms with Crippen molar-refractivity contribution in [1.29, 1.82) is 0 Å². The molecule has 1 saturated carbocycles. The minimum atomic E-state index is -0.0369. The number of carbonyl (C=O) groups excluding carboxylic acids is 1. The van der Waals surface area contributed by atoms with Gasteiger partial charge in [0.25, 0.3) is 0 Å². The minimum Gasteiger partial charge on any atom is -0.326 e. The molecule has 1 aromatic heterocycles. The molecule has 6 nitrogen and oxygen atoms in total. The van der Waals surface area contributed by atoms with E-state index in [-0.39, 0.29) is 6.03 Å². The monoisotopic (exact) mass is 291 g/mol. The van der Waals surface area contributed by atoms with Gasteiger partial charge in [0.15, 0.2) is 0 Å². The predicted molar refractivity (Wildman–Crippen MR) is 82.5 cm³/mol. The molecule has 1 aliphatic carbocycles. The van der Waals surface area contributed by atoms with Crippen molar-refractivity contribution >= 4 is 11.7 Å². The Balaban J connectivity index is 1.60. The largest absolute Gasteiger partial charge is 0.326 e. The van der Waals surface area contributed by atoms with Crippen LogP contribution in [0.1, 0.15) is 37.3 Å². The van der Waals surface area contributed by atoms with E-state index in [2.05, 4.69) is 22.4 Å². The maximum Gasteiger partial charge on any atom is 0.321 e. The fraction of sp³-hybridized carbons (Fsp3) is 0.733. The third kappa shape index (κ3) is 3.20. The lowest BCUT2D eigenvalue weighted by Gasteiger charge is -2.26. The first-order valence-corrected chi connectivity index (χ1v) is 7.80. The Labute approximate surface area is 126 Å². The number of amides is 2. The molecule has 1 aliphatic heterocycles. The summed E-state index contributed by atoms with van der Waals surface area (Å²) in [6.45, 7) is 1.91. The van der Waals surface area contributed by atoms with E-state index in [9.17, 15) is 4.79 Å². The average Bonchev–Trinajstić information content (AvgIpc) is 3.11. The number of hydrogen-bond acceptors (Lipinski definition) is 3. The van der Waals surface area contributed by atoms with Crippen molar-refractivity contribution in [1.82, 2.24) is 19.6 Å². The van der Waals surface area contributed by atoms with Gasteiger partial charge in [0, 0.05) is 38.8 Å². The van der Waals surface area contributed by atoms with E-state index in [1.165, 1.54) is 25.7 Å². The zero-order chi connectivity index (χ0) is 15.0. The van der Waals surface area contributed by atoms with Crippen LogP contribution in [0.2, 0.25) is 0 Å². The van der Waals surface area contributed by atoms with E-state index >= 15 is 0 Å². The summed E-state index contributed by atoms with van der Waals surface area (Å²) in [6.07, 6.45) is 6.67. The van der Waals surface area contributed by atoms with Gasteiger partial charge < -0.3 is 15.1 Å². The van der Waals surface area contributed by atoms with Crippen LogP contribution in [0.4, 0.5) is 10.5 Å². The Morgan fingerprint density at radius 2 is 2.19 bits per heavy atom. The number of hydrogen-bond donors (Lipinski definition) is 1. The van der Waals surface area contributed by atoms with Gasteiger partial charge in [-0.05, 0) is 39.3 Å². The molecule has 2 fully saturated rings. The number of aromatic nitrogens is 2. The number of aryl methyl sites for hydroxylation is 1. The molecule has 2 aliphatic rings. The molecule has 3 rings (SSSR count). The molecular weight excluding hydrogens is 266 g/mol. The quantitative estimate of drug-likeness (QED) is 0.921. The molecule has 116 valence electrons. The zero-order valence-corrected chi connectivity index (χ0v) is 13.2. The first kappa shape index (κ1) is 14.4. The summed E-state index contributed by atoms with van der Waals surface area (Å²) in [5.41, 5.74) is 1.91. The van der Waals surface area contributed by atoms with Gasteiger partial charge in [-0.1, -0.05) is 0 Å². The number of anilines is 1. The summed E-state index contributed by atoms with van der Waals surface area (Å²) in [5.74, 6) is 0.535. The van der Waals surface area contributed by atoms with E-state index in [0.29, 0.717) is 12.0 Å². The first-order chi connectivity index (χ1) is 10.0. The lowest BCUT2D eigenvalue weighted by atomic mass is 10.2. The third-order valence-electron chi connectivity index (χ3n) is 4.57. The number of likely N-dealkylation sites (N-methyl/N-ethyl adjacent to an activating group) is 2. The van der Waals surface area contributed by atoms with Gasteiger partial charge in [-0.15, -0.1) is 0 Å². The van der Waals surface area contributed by atoms with Crippen molar-refractivity contribution in [3.63, 3.8) is 0 Å². The number of nitrogens with one attached hydrogen (secondary N) is 1. The molecule has 0 radical (unpaired) electrons. The van der Waals surface area contributed by atoms with Crippen LogP contribution in [0.3, 0.4) is 0 Å². The maximum atomic E-state index is 12.4. The Morgan fingerprint density at radius 3 is 2.81 bits per heavy atom. The standard InChI is InChI=1S/C15H25N5O/c1-18-8-4-5-12(18)9-19(2)15(21)16-13-10-20(3)17-14(13)11-6-7-11/h10-12H,4-9H2,1-3H3,(H,16,21). The summed E-state index contributed by atoms with van der Waals surface area (Å²) in [7, 11) is 5.91. The van der Waals surface area contributed by atoms with Crippen LogP contribution in [0.15, 0.2) is 6.20 Å². The van der Waals surface area contributed by atoms with E-state index in [0.717, 1.165) is 24.5 Å². The summed E-state index contributed by atoms with van der Waals surface area (Å²) >= 11 is 0. The molecule has 1 unspecified atom stereocenters. The Bertz CT molecular complexity index is 522. The molecule has 21 heavy (non-hydrogen) atoms. The van der Waals surface area contributed by atoms with Gasteiger partial charge in [0.05, 0.1) is 11.4 Å². The number of urea groups is 1. The molecule has 1 saturated heterocycles. The highest BCUT2D eigenvalue weighted by Crippen LogP contribution is 2.42. The van der Waals surface area contributed by atoms with E-state index in [4.69, 9.17) is 0 Å². The van der Waals surface area contributed by atoms with Crippen molar-refractivity contribution < 1.29 is 4.79 Å². The van der Waals surface area contributed by atoms with Crippen molar-refractivity contribution in [2.45, 2.75) is 37.6 Å². The Kier molecular flexibility index (Phi) is 3.89. The number of nitrogens with zero attached hydrogens (tertiary/aromatic N) is 4. The zero-order valence-electron chi connectivity index (χ0n) is 13.2. The topological polar surface area (TPSA) is 53.4 Å². The molecule has 6 heteroatoms. The minimum absolute atomic E-state index is 0.0369. The van der Waals surface area contributed by atoms with Crippen LogP contribution >= 0.6 is 0 Å². The molecule has 2 heterocycles. The van der Waals surface area contributed by atoms with Gasteiger partial charge in [0.1, 0.15) is 0 Å². The Morgan fingerprint density at radius 1 is 1.43 bits per heavy atom. The third-order valence-corrected chi connectivity index (χ3v) is 4.57. The SMILES string of the molecule is CN(CC1CCCN1C)C(=O)Nc1cn(C)nc1C1CC1. The summed E-state index contributed by atoms with van der Waals surface area (Å²) < 4.78 is 1.79. The average molecular weight is 291 g/mol. The fourth-order valence-electron chi connectivity index (χ4n) is 3.08. The summed E-state index contributed by atoms with van der Waals surface area (Å²) in [4.78, 5) is 16.5. The van der Waals surface area contributed by atoms with E-state index in [1.807, 2.05) is 20.3 Å². The van der Waals surface area contributed by atoms with Crippen LogP contribution in [-0.2, 0) is 7.05 Å². The molecule has 1 aromatic rings. The lowest BCUT2D eigenvalue weighted by Crippen LogP contribution is -2.41. The fourth-order valence-corrected chi connectivity index (χ4v) is 3.08. The molecule has 0 aromatic carbocycles. The Hall–Kier alpha value is -1.56. The smallest absolute Gasteiger partial charge is 0.321 e. The second-order valence-electron chi connectivity index (χ2n) is 6.46. The normalized spacial score (nSPS) is 22.5. The van der Waals surface area contributed by atoms with Crippen LogP contribution in [0.5, 0.6) is 0 Å². The van der Waals surface area contributed by atoms with Crippen LogP contribution in [0, 0.1) is 0 Å². The van der Waals surface area contributed by atoms with Crippen molar-refractivity contribution in [3.8, 4) is 0 Å². The number of rotatable bonds is 4. The molecule has 1 N–H and O–H groups in total. The van der Waals surface area contributed by atoms with E-state index < -0.39 is 0 Å². The van der Waals surface area contributed by atoms with Crippen LogP contribution < -0.4 is 5.32 Å². The second-order valence-corrected chi connectivity index (χ2v) is 6.46. The van der Waals surface area contributed by atoms with Crippen molar-refractivity contribution in [3.05, 3.63) is 11.9 Å². The van der Waals surface area contributed by atoms with Crippen LogP contribution in [0.25, 0.3) is 0 Å². The van der Waals surface area contributed by atoms with E-state index in [1.54, 1.807) is 9.58 Å². The number of carbonyl (C=O) groups is 1. The highest BCUT2D eigenvalue weighted by atomic mass is 16.2. The van der Waals surface area contributed by atoms with Crippen molar-refractivity contribution in [2.24, 2.45) is 7.05 Å². The molecule has 0 spiro atoms. The second kappa shape index (κ2) is 5.67. The molecular formula is C15H25N5O. The first-order valence-electron chi connectivity index (χ1n) is 7.80. The summed E-state index contributed by atoms with van der Waals surface area (Å²) in [5, 5.41) is 7.50. The van der Waals surface area contributed by atoms with Gasteiger partial charge in [-0.3, -0.25) is 4.68 Å². The molecule has 1 atom stereocenters. The van der Waals surface area contributed by atoms with Crippen molar-refractivity contribution in [2.75, 3.05) is 32.5 Å². The molecule has 2 amide bonds. The van der Waals surface area contributed by atoms with Gasteiger partial charge in [-0.25, -0.2) is 4.79 Å². The highest BCUT2D eigenvalue weighted by Gasteiger charge is 2.30. The van der Waals surface area contributed by atoms with Gasteiger partial charge >= 0.3 is 6.03 Å². The highest BCUT2D eigenvalue weighted by molar-refractivity contribution is 5.89. The van der Waals surface area contributed by atoms with Gasteiger partial charge in [0.2, 0.25) is 0 Å². The predicted octanol–water partition coefficient (Wildman–Crippen LogP) is 1.86. The maximum absolute atomic E-state index is 12.4. The van der Waals surface area contributed by atoms with Gasteiger partial charge in [-0.2, -0.15) is 5.10 Å². The number of likely N-dealkylation sites (tertiary alicyclic amines) is 1. The lowest BCUT2D eigenvalue weighted by molar-refractivity contribution is 0.201.